The van der Waals surface area contributed by atoms with Crippen LogP contribution in [-0.2, 0) is 6.54 Å². The van der Waals surface area contributed by atoms with Gasteiger partial charge in [0.1, 0.15) is 0 Å². The minimum atomic E-state index is 0.483. The normalized spacial score (nSPS) is 23.4. The van der Waals surface area contributed by atoms with Crippen molar-refractivity contribution >= 4 is 5.95 Å². The maximum Gasteiger partial charge on any atom is 0.225 e. The number of piperidine rings is 1. The van der Waals surface area contributed by atoms with Crippen LogP contribution in [-0.4, -0.2) is 28.6 Å². The highest BCUT2D eigenvalue weighted by Gasteiger charge is 2.25. The van der Waals surface area contributed by atoms with Crippen molar-refractivity contribution in [3.8, 4) is 0 Å². The summed E-state index contributed by atoms with van der Waals surface area (Å²) in [6.45, 7) is 12.9. The molecule has 1 aromatic rings. The van der Waals surface area contributed by atoms with Crippen molar-refractivity contribution in [1.29, 1.82) is 0 Å². The van der Waals surface area contributed by atoms with E-state index in [2.05, 4.69) is 49.8 Å². The van der Waals surface area contributed by atoms with Gasteiger partial charge in [-0.15, -0.1) is 0 Å². The lowest BCUT2D eigenvalue weighted by Crippen LogP contribution is -2.42. The first-order valence-electron chi connectivity index (χ1n) is 7.80. The molecular weight excluding hydrogens is 248 g/mol. The van der Waals surface area contributed by atoms with E-state index >= 15 is 0 Å². The molecule has 0 radical (unpaired) electrons. The highest BCUT2D eigenvalue weighted by Crippen LogP contribution is 2.25. The quantitative estimate of drug-likeness (QED) is 0.918. The van der Waals surface area contributed by atoms with E-state index in [0.717, 1.165) is 30.6 Å². The molecule has 0 bridgehead atoms. The second-order valence-electron chi connectivity index (χ2n) is 6.50. The SMILES string of the molecule is Cc1nc(N2CC(C)CCC2C)ncc1CNC(C)C. The van der Waals surface area contributed by atoms with Crippen molar-refractivity contribution < 1.29 is 0 Å². The van der Waals surface area contributed by atoms with Crippen LogP contribution in [0.1, 0.15) is 51.8 Å². The first-order valence-corrected chi connectivity index (χ1v) is 7.80. The zero-order valence-electron chi connectivity index (χ0n) is 13.5. The Hall–Kier alpha value is -1.16. The number of hydrogen-bond donors (Lipinski definition) is 1. The summed E-state index contributed by atoms with van der Waals surface area (Å²) in [5, 5.41) is 3.42. The van der Waals surface area contributed by atoms with Gasteiger partial charge in [0, 0.05) is 42.6 Å². The molecule has 1 saturated heterocycles. The lowest BCUT2D eigenvalue weighted by atomic mass is 9.95. The summed E-state index contributed by atoms with van der Waals surface area (Å²) >= 11 is 0. The summed E-state index contributed by atoms with van der Waals surface area (Å²) in [6, 6.07) is 1.03. The molecule has 0 aromatic carbocycles. The number of aryl methyl sites for hydroxylation is 1. The van der Waals surface area contributed by atoms with Gasteiger partial charge in [-0.25, -0.2) is 9.97 Å². The van der Waals surface area contributed by atoms with E-state index in [9.17, 15) is 0 Å². The summed E-state index contributed by atoms with van der Waals surface area (Å²) in [5.74, 6) is 1.63. The second-order valence-corrected chi connectivity index (χ2v) is 6.50. The Kier molecular flexibility index (Phi) is 4.97. The van der Waals surface area contributed by atoms with E-state index in [0.29, 0.717) is 12.1 Å². The fourth-order valence-electron chi connectivity index (χ4n) is 2.67. The van der Waals surface area contributed by atoms with Crippen molar-refractivity contribution in [2.45, 2.75) is 66.1 Å². The fraction of sp³-hybridized carbons (Fsp3) is 0.750. The predicted octanol–water partition coefficient (Wildman–Crippen LogP) is 2.91. The summed E-state index contributed by atoms with van der Waals surface area (Å²) in [7, 11) is 0. The summed E-state index contributed by atoms with van der Waals surface area (Å²) < 4.78 is 0. The molecule has 0 saturated carbocycles. The maximum absolute atomic E-state index is 4.73. The Morgan fingerprint density at radius 2 is 2.10 bits per heavy atom. The number of aromatic nitrogens is 2. The van der Waals surface area contributed by atoms with Gasteiger partial charge >= 0.3 is 0 Å². The molecule has 2 heterocycles. The van der Waals surface area contributed by atoms with Gasteiger partial charge in [-0.1, -0.05) is 20.8 Å². The van der Waals surface area contributed by atoms with E-state index in [4.69, 9.17) is 4.98 Å². The van der Waals surface area contributed by atoms with Crippen LogP contribution in [0.25, 0.3) is 0 Å². The molecule has 112 valence electrons. The topological polar surface area (TPSA) is 41.1 Å². The lowest BCUT2D eigenvalue weighted by molar-refractivity contribution is 0.385. The predicted molar refractivity (Wildman–Crippen MR) is 84.0 cm³/mol. The Morgan fingerprint density at radius 1 is 1.35 bits per heavy atom. The van der Waals surface area contributed by atoms with E-state index in [-0.39, 0.29) is 0 Å². The van der Waals surface area contributed by atoms with E-state index in [1.807, 2.05) is 6.20 Å². The minimum Gasteiger partial charge on any atom is -0.338 e. The molecule has 1 aromatic heterocycles. The van der Waals surface area contributed by atoms with Crippen LogP contribution in [0.15, 0.2) is 6.20 Å². The molecule has 2 rings (SSSR count). The van der Waals surface area contributed by atoms with Gasteiger partial charge < -0.3 is 10.2 Å². The molecule has 1 N–H and O–H groups in total. The number of hydrogen-bond acceptors (Lipinski definition) is 4. The highest BCUT2D eigenvalue weighted by molar-refractivity contribution is 5.35. The molecule has 4 heteroatoms. The molecule has 2 unspecified atom stereocenters. The number of nitrogens with zero attached hydrogens (tertiary/aromatic N) is 3. The second kappa shape index (κ2) is 6.53. The molecule has 0 amide bonds. The average molecular weight is 276 g/mol. The third-order valence-corrected chi connectivity index (χ3v) is 4.14. The van der Waals surface area contributed by atoms with E-state index in [1.165, 1.54) is 18.4 Å². The maximum atomic E-state index is 4.73. The Bertz CT molecular complexity index is 444. The van der Waals surface area contributed by atoms with Gasteiger partial charge in [0.15, 0.2) is 0 Å². The van der Waals surface area contributed by atoms with Crippen LogP contribution < -0.4 is 10.2 Å². The summed E-state index contributed by atoms with van der Waals surface area (Å²) in [5.41, 5.74) is 2.29. The molecule has 1 fully saturated rings. The molecule has 4 nitrogen and oxygen atoms in total. The fourth-order valence-corrected chi connectivity index (χ4v) is 2.67. The molecule has 0 spiro atoms. The Balaban J connectivity index is 2.11. The highest BCUT2D eigenvalue weighted by atomic mass is 15.3. The number of anilines is 1. The van der Waals surface area contributed by atoms with Gasteiger partial charge in [0.2, 0.25) is 5.95 Å². The largest absolute Gasteiger partial charge is 0.338 e. The first kappa shape index (κ1) is 15.2. The molecule has 1 aliphatic heterocycles. The smallest absolute Gasteiger partial charge is 0.225 e. The minimum absolute atomic E-state index is 0.483. The van der Waals surface area contributed by atoms with Gasteiger partial charge in [-0.2, -0.15) is 0 Å². The van der Waals surface area contributed by atoms with Crippen LogP contribution in [0, 0.1) is 12.8 Å². The number of nitrogens with one attached hydrogen (secondary N) is 1. The van der Waals surface area contributed by atoms with Gasteiger partial charge in [-0.3, -0.25) is 0 Å². The van der Waals surface area contributed by atoms with Gasteiger partial charge in [0.05, 0.1) is 0 Å². The Morgan fingerprint density at radius 3 is 2.75 bits per heavy atom. The van der Waals surface area contributed by atoms with Crippen molar-refractivity contribution in [2.24, 2.45) is 5.92 Å². The third kappa shape index (κ3) is 3.69. The molecule has 0 aliphatic carbocycles. The zero-order chi connectivity index (χ0) is 14.7. The van der Waals surface area contributed by atoms with E-state index < -0.39 is 0 Å². The molecular formula is C16H28N4. The molecule has 1 aliphatic rings. The van der Waals surface area contributed by atoms with Crippen LogP contribution in [0.2, 0.25) is 0 Å². The van der Waals surface area contributed by atoms with Crippen molar-refractivity contribution in [3.63, 3.8) is 0 Å². The van der Waals surface area contributed by atoms with Gasteiger partial charge in [-0.05, 0) is 32.6 Å². The van der Waals surface area contributed by atoms with Crippen LogP contribution in [0.5, 0.6) is 0 Å². The van der Waals surface area contributed by atoms with Crippen LogP contribution in [0.4, 0.5) is 5.95 Å². The van der Waals surface area contributed by atoms with Crippen LogP contribution in [0.3, 0.4) is 0 Å². The monoisotopic (exact) mass is 276 g/mol. The first-order chi connectivity index (χ1) is 9.47. The van der Waals surface area contributed by atoms with Crippen LogP contribution >= 0.6 is 0 Å². The van der Waals surface area contributed by atoms with Crippen molar-refractivity contribution in [2.75, 3.05) is 11.4 Å². The summed E-state index contributed by atoms with van der Waals surface area (Å²) in [4.78, 5) is 11.7. The lowest BCUT2D eigenvalue weighted by Gasteiger charge is -2.37. The van der Waals surface area contributed by atoms with Crippen molar-refractivity contribution in [3.05, 3.63) is 17.5 Å². The molecule has 20 heavy (non-hydrogen) atoms. The Labute approximate surface area is 123 Å². The third-order valence-electron chi connectivity index (χ3n) is 4.14. The van der Waals surface area contributed by atoms with Gasteiger partial charge in [0.25, 0.3) is 0 Å². The van der Waals surface area contributed by atoms with E-state index in [1.54, 1.807) is 0 Å². The zero-order valence-corrected chi connectivity index (χ0v) is 13.5. The van der Waals surface area contributed by atoms with Crippen molar-refractivity contribution in [1.82, 2.24) is 15.3 Å². The number of rotatable bonds is 4. The standard InChI is InChI=1S/C16H28N4/c1-11(2)17-8-15-9-18-16(19-14(15)5)20-10-12(3)6-7-13(20)4/h9,11-13,17H,6-8,10H2,1-5H3. The average Bonchev–Trinajstić information content (AvgIpc) is 2.40. The summed E-state index contributed by atoms with van der Waals surface area (Å²) in [6.07, 6.45) is 4.53. The molecule has 2 atom stereocenters.